The summed E-state index contributed by atoms with van der Waals surface area (Å²) in [5, 5.41) is 6.52. The number of nitrogens with zero attached hydrogens (tertiary/aromatic N) is 3. The smallest absolute Gasteiger partial charge is 0.269 e. The second-order valence-electron chi connectivity index (χ2n) is 6.80. The third-order valence-corrected chi connectivity index (χ3v) is 7.77. The number of aromatic nitrogens is 2. The van der Waals surface area contributed by atoms with Crippen molar-refractivity contribution < 1.29 is 4.79 Å². The summed E-state index contributed by atoms with van der Waals surface area (Å²) in [7, 11) is 0. The molecule has 5 nitrogen and oxygen atoms in total. The van der Waals surface area contributed by atoms with Crippen LogP contribution in [0.3, 0.4) is 0 Å². The molecule has 0 unspecified atom stereocenters. The van der Waals surface area contributed by atoms with Crippen molar-refractivity contribution >= 4 is 45.0 Å². The molecular formula is C21H18N4OS3. The number of rotatable bonds is 5. The number of hydrogen-bond donors (Lipinski definition) is 1. The van der Waals surface area contributed by atoms with E-state index >= 15 is 0 Å². The van der Waals surface area contributed by atoms with E-state index in [1.807, 2.05) is 23.6 Å². The summed E-state index contributed by atoms with van der Waals surface area (Å²) in [5.74, 6) is -0.141. The van der Waals surface area contributed by atoms with Gasteiger partial charge in [0, 0.05) is 30.9 Å². The van der Waals surface area contributed by atoms with Crippen molar-refractivity contribution in [2.75, 3.05) is 11.9 Å². The van der Waals surface area contributed by atoms with Crippen molar-refractivity contribution in [1.82, 2.24) is 14.9 Å². The first-order valence-electron chi connectivity index (χ1n) is 9.30. The molecule has 5 rings (SSSR count). The van der Waals surface area contributed by atoms with Crippen LogP contribution >= 0.6 is 34.0 Å². The van der Waals surface area contributed by atoms with E-state index in [4.69, 9.17) is 0 Å². The van der Waals surface area contributed by atoms with Crippen LogP contribution in [0.15, 0.2) is 54.0 Å². The first-order valence-corrected chi connectivity index (χ1v) is 11.8. The van der Waals surface area contributed by atoms with Gasteiger partial charge in [-0.15, -0.1) is 34.0 Å². The van der Waals surface area contributed by atoms with Gasteiger partial charge in [-0.1, -0.05) is 36.4 Å². The fraction of sp³-hybridized carbons (Fsp3) is 0.190. The van der Waals surface area contributed by atoms with Crippen LogP contribution in [0, 0.1) is 0 Å². The predicted octanol–water partition coefficient (Wildman–Crippen LogP) is 5.14. The molecule has 1 N–H and O–H groups in total. The lowest BCUT2D eigenvalue weighted by molar-refractivity contribution is 0.103. The van der Waals surface area contributed by atoms with Crippen molar-refractivity contribution in [1.29, 1.82) is 0 Å². The maximum atomic E-state index is 12.6. The molecule has 8 heteroatoms. The summed E-state index contributed by atoms with van der Waals surface area (Å²) in [6.07, 6.45) is 2.56. The summed E-state index contributed by atoms with van der Waals surface area (Å²) in [6, 6.07) is 14.5. The number of amides is 1. The number of fused-ring (bicyclic) bond motifs is 1. The quantitative estimate of drug-likeness (QED) is 0.469. The molecule has 0 spiro atoms. The second-order valence-corrected chi connectivity index (χ2v) is 9.86. The van der Waals surface area contributed by atoms with Gasteiger partial charge in [0.05, 0.1) is 16.8 Å². The van der Waals surface area contributed by atoms with Gasteiger partial charge >= 0.3 is 0 Å². The minimum Gasteiger partial charge on any atom is -0.297 e. The van der Waals surface area contributed by atoms with Crippen LogP contribution in [0.1, 0.15) is 25.8 Å². The van der Waals surface area contributed by atoms with Gasteiger partial charge in [-0.25, -0.2) is 9.97 Å². The van der Waals surface area contributed by atoms with Crippen molar-refractivity contribution in [2.45, 2.75) is 19.5 Å². The van der Waals surface area contributed by atoms with Crippen molar-refractivity contribution in [3.05, 3.63) is 75.1 Å². The molecular weight excluding hydrogens is 420 g/mol. The zero-order valence-electron chi connectivity index (χ0n) is 15.5. The number of thiazole rings is 2. The molecule has 0 saturated heterocycles. The summed E-state index contributed by atoms with van der Waals surface area (Å²) >= 11 is 4.61. The molecule has 1 aromatic carbocycles. The van der Waals surface area contributed by atoms with E-state index < -0.39 is 0 Å². The van der Waals surface area contributed by atoms with Crippen molar-refractivity contribution in [3.8, 4) is 9.88 Å². The molecule has 0 radical (unpaired) electrons. The lowest BCUT2D eigenvalue weighted by Gasteiger charge is -2.25. The third-order valence-electron chi connectivity index (χ3n) is 4.74. The summed E-state index contributed by atoms with van der Waals surface area (Å²) < 4.78 is 0. The molecule has 1 aliphatic heterocycles. The van der Waals surface area contributed by atoms with Crippen LogP contribution in [0.2, 0.25) is 0 Å². The Balaban J connectivity index is 1.25. The maximum Gasteiger partial charge on any atom is 0.269 e. The van der Waals surface area contributed by atoms with Gasteiger partial charge in [0.15, 0.2) is 5.13 Å². The number of benzene rings is 1. The van der Waals surface area contributed by atoms with Gasteiger partial charge in [0.25, 0.3) is 5.91 Å². The molecule has 0 atom stereocenters. The SMILES string of the molecule is O=C(Nc1nc2c(s1)CN(Cc1ccccc1)CC2)c1cnc(-c2cccs2)s1. The molecule has 0 bridgehead atoms. The first-order chi connectivity index (χ1) is 14.2. The van der Waals surface area contributed by atoms with Crippen molar-refractivity contribution in [2.24, 2.45) is 0 Å². The molecule has 4 aromatic rings. The fourth-order valence-electron chi connectivity index (χ4n) is 3.33. The molecule has 3 aromatic heterocycles. The summed E-state index contributed by atoms with van der Waals surface area (Å²) in [5.41, 5.74) is 2.43. The number of anilines is 1. The molecule has 146 valence electrons. The van der Waals surface area contributed by atoms with E-state index in [2.05, 4.69) is 44.5 Å². The number of carbonyl (C=O) groups excluding carboxylic acids is 1. The molecule has 0 fully saturated rings. The van der Waals surface area contributed by atoms with E-state index in [0.29, 0.717) is 10.0 Å². The molecule has 0 saturated carbocycles. The average Bonchev–Trinajstić information content (AvgIpc) is 3.48. The summed E-state index contributed by atoms with van der Waals surface area (Å²) in [4.78, 5) is 27.0. The Hall–Kier alpha value is -2.39. The van der Waals surface area contributed by atoms with Crippen LogP contribution < -0.4 is 5.32 Å². The monoisotopic (exact) mass is 438 g/mol. The van der Waals surface area contributed by atoms with Gasteiger partial charge in [-0.2, -0.15) is 0 Å². The van der Waals surface area contributed by atoms with Gasteiger partial charge in [-0.3, -0.25) is 15.0 Å². The Labute approximate surface area is 180 Å². The zero-order chi connectivity index (χ0) is 19.6. The van der Waals surface area contributed by atoms with Crippen LogP contribution in [0.5, 0.6) is 0 Å². The number of nitrogens with one attached hydrogen (secondary N) is 1. The normalized spacial score (nSPS) is 13.9. The average molecular weight is 439 g/mol. The van der Waals surface area contributed by atoms with Crippen LogP contribution in [0.25, 0.3) is 9.88 Å². The Morgan fingerprint density at radius 2 is 2.03 bits per heavy atom. The highest BCUT2D eigenvalue weighted by Crippen LogP contribution is 2.31. The highest BCUT2D eigenvalue weighted by molar-refractivity contribution is 7.22. The van der Waals surface area contributed by atoms with Crippen LogP contribution in [-0.4, -0.2) is 27.3 Å². The van der Waals surface area contributed by atoms with E-state index in [0.717, 1.165) is 41.6 Å². The maximum absolute atomic E-state index is 12.6. The predicted molar refractivity (Wildman–Crippen MR) is 120 cm³/mol. The first kappa shape index (κ1) is 18.6. The Morgan fingerprint density at radius 1 is 1.14 bits per heavy atom. The molecule has 0 aliphatic carbocycles. The van der Waals surface area contributed by atoms with E-state index in [1.54, 1.807) is 28.9 Å². The number of hydrogen-bond acceptors (Lipinski definition) is 7. The molecule has 29 heavy (non-hydrogen) atoms. The van der Waals surface area contributed by atoms with Gasteiger partial charge in [-0.05, 0) is 17.0 Å². The fourth-order valence-corrected chi connectivity index (χ4v) is 5.99. The highest BCUT2D eigenvalue weighted by atomic mass is 32.1. The lowest BCUT2D eigenvalue weighted by atomic mass is 10.1. The third kappa shape index (κ3) is 4.16. The Morgan fingerprint density at radius 3 is 2.86 bits per heavy atom. The minimum atomic E-state index is -0.141. The van der Waals surface area contributed by atoms with Crippen molar-refractivity contribution in [3.63, 3.8) is 0 Å². The Kier molecular flexibility index (Phi) is 5.24. The second kappa shape index (κ2) is 8.16. The number of carbonyl (C=O) groups is 1. The largest absolute Gasteiger partial charge is 0.297 e. The molecule has 4 heterocycles. The number of thiophene rings is 1. The zero-order valence-corrected chi connectivity index (χ0v) is 17.9. The van der Waals surface area contributed by atoms with Crippen LogP contribution in [0.4, 0.5) is 5.13 Å². The van der Waals surface area contributed by atoms with E-state index in [-0.39, 0.29) is 5.91 Å². The lowest BCUT2D eigenvalue weighted by Crippen LogP contribution is -2.29. The van der Waals surface area contributed by atoms with Gasteiger partial charge < -0.3 is 0 Å². The van der Waals surface area contributed by atoms with Gasteiger partial charge in [0.1, 0.15) is 9.88 Å². The summed E-state index contributed by atoms with van der Waals surface area (Å²) in [6.45, 7) is 2.80. The molecule has 1 amide bonds. The Bertz CT molecular complexity index is 1120. The highest BCUT2D eigenvalue weighted by Gasteiger charge is 2.22. The minimum absolute atomic E-state index is 0.141. The molecule has 1 aliphatic rings. The van der Waals surface area contributed by atoms with Gasteiger partial charge in [0.2, 0.25) is 0 Å². The van der Waals surface area contributed by atoms with Crippen LogP contribution in [-0.2, 0) is 19.5 Å². The topological polar surface area (TPSA) is 58.1 Å². The standard InChI is InChI=1S/C21H18N4OS3/c26-19(17-11-22-20(28-17)16-7-4-10-27-16)24-21-23-15-8-9-25(13-18(15)29-21)12-14-5-2-1-3-6-14/h1-7,10-11H,8-9,12-13H2,(H,23,24,26). The van der Waals surface area contributed by atoms with E-state index in [1.165, 1.54) is 21.8 Å². The van der Waals surface area contributed by atoms with E-state index in [9.17, 15) is 4.79 Å².